The monoisotopic (exact) mass is 291 g/mol. The van der Waals surface area contributed by atoms with Crippen LogP contribution >= 0.6 is 0 Å². The predicted molar refractivity (Wildman–Crippen MR) is 86.7 cm³/mol. The van der Waals surface area contributed by atoms with Gasteiger partial charge in [0.1, 0.15) is 5.75 Å². The molecule has 1 aromatic rings. The zero-order valence-electron chi connectivity index (χ0n) is 13.4. The minimum atomic E-state index is 0.166. The minimum Gasteiger partial charge on any atom is -0.508 e. The van der Waals surface area contributed by atoms with Crippen molar-refractivity contribution in [2.24, 2.45) is 0 Å². The van der Waals surface area contributed by atoms with Crippen molar-refractivity contribution in [3.05, 3.63) is 29.3 Å². The maximum atomic E-state index is 9.91. The summed E-state index contributed by atoms with van der Waals surface area (Å²) in [7, 11) is 0. The van der Waals surface area contributed by atoms with Gasteiger partial charge in [-0.2, -0.15) is 0 Å². The molecule has 0 bridgehead atoms. The van der Waals surface area contributed by atoms with E-state index in [1.807, 2.05) is 19.1 Å². The Balaban J connectivity index is 1.64. The van der Waals surface area contributed by atoms with Crippen LogP contribution in [-0.2, 0) is 4.74 Å². The number of hydrogen-bond acceptors (Lipinski definition) is 3. The zero-order valence-corrected chi connectivity index (χ0v) is 13.4. The van der Waals surface area contributed by atoms with Crippen LogP contribution in [0, 0.1) is 6.92 Å². The van der Waals surface area contributed by atoms with Gasteiger partial charge in [0.05, 0.1) is 6.10 Å². The Kier molecular flexibility index (Phi) is 6.52. The highest BCUT2D eigenvalue weighted by Gasteiger charge is 2.13. The molecule has 1 aliphatic carbocycles. The molecule has 2 N–H and O–H groups in total. The van der Waals surface area contributed by atoms with Crippen molar-refractivity contribution in [2.75, 3.05) is 13.2 Å². The van der Waals surface area contributed by atoms with Crippen LogP contribution in [0.2, 0.25) is 0 Å². The SMILES string of the molecule is Cc1ccc(O)c(C(C)NCCCOC2CCCCC2)c1. The third kappa shape index (κ3) is 5.33. The number of aromatic hydroxyl groups is 1. The summed E-state index contributed by atoms with van der Waals surface area (Å²) in [5, 5.41) is 13.4. The van der Waals surface area contributed by atoms with E-state index < -0.39 is 0 Å². The van der Waals surface area contributed by atoms with Crippen molar-refractivity contribution in [2.45, 2.75) is 64.5 Å². The van der Waals surface area contributed by atoms with Crippen LogP contribution in [0.3, 0.4) is 0 Å². The lowest BCUT2D eigenvalue weighted by Crippen LogP contribution is -2.23. The zero-order chi connectivity index (χ0) is 15.1. The molecule has 0 spiro atoms. The first kappa shape index (κ1) is 16.3. The molecule has 0 aromatic heterocycles. The molecule has 0 heterocycles. The lowest BCUT2D eigenvalue weighted by atomic mass is 9.98. The Morgan fingerprint density at radius 1 is 1.29 bits per heavy atom. The van der Waals surface area contributed by atoms with Gasteiger partial charge < -0.3 is 15.2 Å². The van der Waals surface area contributed by atoms with Gasteiger partial charge in [0.2, 0.25) is 0 Å². The Labute approximate surface area is 128 Å². The highest BCUT2D eigenvalue weighted by molar-refractivity contribution is 5.37. The van der Waals surface area contributed by atoms with Crippen LogP contribution in [0.15, 0.2) is 18.2 Å². The van der Waals surface area contributed by atoms with E-state index in [2.05, 4.69) is 12.2 Å². The van der Waals surface area contributed by atoms with Gasteiger partial charge >= 0.3 is 0 Å². The molecular weight excluding hydrogens is 262 g/mol. The van der Waals surface area contributed by atoms with E-state index in [4.69, 9.17) is 4.74 Å². The number of phenols is 1. The normalized spacial score (nSPS) is 17.8. The van der Waals surface area contributed by atoms with Crippen LogP contribution in [0.25, 0.3) is 0 Å². The Hall–Kier alpha value is -1.06. The molecule has 3 heteroatoms. The molecule has 118 valence electrons. The van der Waals surface area contributed by atoms with Gasteiger partial charge in [0, 0.05) is 18.2 Å². The van der Waals surface area contributed by atoms with Crippen LogP contribution in [0.4, 0.5) is 0 Å². The van der Waals surface area contributed by atoms with E-state index in [0.717, 1.165) is 25.1 Å². The molecule has 0 amide bonds. The quantitative estimate of drug-likeness (QED) is 0.743. The number of phenolic OH excluding ortho intramolecular Hbond substituents is 1. The summed E-state index contributed by atoms with van der Waals surface area (Å²) in [6.07, 6.45) is 8.02. The summed E-state index contributed by atoms with van der Waals surface area (Å²) in [6.45, 7) is 5.90. The molecule has 3 nitrogen and oxygen atoms in total. The van der Waals surface area contributed by atoms with Crippen molar-refractivity contribution >= 4 is 0 Å². The van der Waals surface area contributed by atoms with Crippen molar-refractivity contribution in [3.8, 4) is 5.75 Å². The molecule has 1 atom stereocenters. The second kappa shape index (κ2) is 8.40. The summed E-state index contributed by atoms with van der Waals surface area (Å²) in [6, 6.07) is 5.92. The number of hydrogen-bond donors (Lipinski definition) is 2. The molecule has 1 saturated carbocycles. The van der Waals surface area contributed by atoms with Crippen molar-refractivity contribution in [3.63, 3.8) is 0 Å². The molecule has 0 radical (unpaired) electrons. The molecule has 2 rings (SSSR count). The number of rotatable bonds is 7. The molecule has 21 heavy (non-hydrogen) atoms. The van der Waals surface area contributed by atoms with E-state index >= 15 is 0 Å². The molecule has 1 fully saturated rings. The van der Waals surface area contributed by atoms with Gasteiger partial charge in [-0.1, -0.05) is 37.0 Å². The lowest BCUT2D eigenvalue weighted by molar-refractivity contribution is 0.0271. The predicted octanol–water partition coefficient (Wildman–Crippen LogP) is 4.09. The minimum absolute atomic E-state index is 0.166. The average Bonchev–Trinajstić information content (AvgIpc) is 2.50. The summed E-state index contributed by atoms with van der Waals surface area (Å²) >= 11 is 0. The van der Waals surface area contributed by atoms with E-state index in [9.17, 15) is 5.11 Å². The highest BCUT2D eigenvalue weighted by Crippen LogP contribution is 2.25. The molecule has 1 aliphatic rings. The van der Waals surface area contributed by atoms with Crippen LogP contribution < -0.4 is 5.32 Å². The van der Waals surface area contributed by atoms with Gasteiger partial charge in [-0.05, 0) is 45.7 Å². The van der Waals surface area contributed by atoms with E-state index in [0.29, 0.717) is 11.9 Å². The maximum absolute atomic E-state index is 9.91. The molecule has 0 aliphatic heterocycles. The van der Waals surface area contributed by atoms with Crippen LogP contribution in [0.1, 0.15) is 62.6 Å². The van der Waals surface area contributed by atoms with E-state index in [-0.39, 0.29) is 6.04 Å². The van der Waals surface area contributed by atoms with E-state index in [1.165, 1.54) is 37.7 Å². The molecule has 1 aromatic carbocycles. The first-order chi connectivity index (χ1) is 10.2. The largest absolute Gasteiger partial charge is 0.508 e. The highest BCUT2D eigenvalue weighted by atomic mass is 16.5. The van der Waals surface area contributed by atoms with Gasteiger partial charge in [0.15, 0.2) is 0 Å². The van der Waals surface area contributed by atoms with Crippen molar-refractivity contribution in [1.82, 2.24) is 5.32 Å². The molecular formula is C18H29NO2. The molecule has 0 saturated heterocycles. The van der Waals surface area contributed by atoms with Crippen molar-refractivity contribution < 1.29 is 9.84 Å². The first-order valence-electron chi connectivity index (χ1n) is 8.31. The second-order valence-electron chi connectivity index (χ2n) is 6.22. The number of ether oxygens (including phenoxy) is 1. The topological polar surface area (TPSA) is 41.5 Å². The van der Waals surface area contributed by atoms with Gasteiger partial charge in [-0.3, -0.25) is 0 Å². The van der Waals surface area contributed by atoms with E-state index in [1.54, 1.807) is 6.07 Å². The number of aryl methyl sites for hydroxylation is 1. The number of benzene rings is 1. The smallest absolute Gasteiger partial charge is 0.120 e. The Morgan fingerprint density at radius 2 is 2.05 bits per heavy atom. The average molecular weight is 291 g/mol. The van der Waals surface area contributed by atoms with Crippen molar-refractivity contribution in [1.29, 1.82) is 0 Å². The third-order valence-corrected chi connectivity index (χ3v) is 4.33. The Morgan fingerprint density at radius 3 is 2.81 bits per heavy atom. The van der Waals surface area contributed by atoms with Gasteiger partial charge in [0.25, 0.3) is 0 Å². The lowest BCUT2D eigenvalue weighted by Gasteiger charge is -2.22. The van der Waals surface area contributed by atoms with Gasteiger partial charge in [-0.25, -0.2) is 0 Å². The number of nitrogens with one attached hydrogen (secondary N) is 1. The summed E-state index contributed by atoms with van der Waals surface area (Å²) in [5.74, 6) is 0.374. The summed E-state index contributed by atoms with van der Waals surface area (Å²) < 4.78 is 5.92. The fourth-order valence-electron chi connectivity index (χ4n) is 3.00. The Bertz CT molecular complexity index is 427. The van der Waals surface area contributed by atoms with Crippen LogP contribution in [0.5, 0.6) is 5.75 Å². The van der Waals surface area contributed by atoms with Crippen LogP contribution in [-0.4, -0.2) is 24.4 Å². The maximum Gasteiger partial charge on any atom is 0.120 e. The summed E-state index contributed by atoms with van der Waals surface area (Å²) in [5.41, 5.74) is 2.15. The summed E-state index contributed by atoms with van der Waals surface area (Å²) in [4.78, 5) is 0. The fourth-order valence-corrected chi connectivity index (χ4v) is 3.00. The third-order valence-electron chi connectivity index (χ3n) is 4.33. The standard InChI is InChI=1S/C18H29NO2/c1-14-9-10-18(20)17(13-14)15(2)19-11-6-12-21-16-7-4-3-5-8-16/h9-10,13,15-16,19-20H,3-8,11-12H2,1-2H3. The van der Waals surface area contributed by atoms with Gasteiger partial charge in [-0.15, -0.1) is 0 Å². The molecule has 1 unspecified atom stereocenters. The fraction of sp³-hybridized carbons (Fsp3) is 0.667. The first-order valence-corrected chi connectivity index (χ1v) is 8.31. The second-order valence-corrected chi connectivity index (χ2v) is 6.22.